The average Bonchev–Trinajstić information content (AvgIpc) is 3.33. The molecule has 5 rings (SSSR count). The number of rotatable bonds is 3. The smallest absolute Gasteiger partial charge is 0.270 e. The maximum atomic E-state index is 12.9. The Kier molecular flexibility index (Phi) is 5.11. The van der Waals surface area contributed by atoms with E-state index < -0.39 is 4.92 Å². The van der Waals surface area contributed by atoms with Crippen molar-refractivity contribution in [2.75, 3.05) is 0 Å². The van der Waals surface area contributed by atoms with Crippen LogP contribution < -0.4 is 5.56 Å². The van der Waals surface area contributed by atoms with Crippen molar-refractivity contribution >= 4 is 38.8 Å². The van der Waals surface area contributed by atoms with Crippen molar-refractivity contribution in [1.29, 1.82) is 0 Å². The molecular formula is C22H18ClN3O4S. The minimum absolute atomic E-state index is 0.0821. The van der Waals surface area contributed by atoms with E-state index >= 15 is 0 Å². The van der Waals surface area contributed by atoms with Crippen LogP contribution in [0.25, 0.3) is 33.1 Å². The molecule has 158 valence electrons. The number of nitrogens with one attached hydrogen (secondary N) is 1. The summed E-state index contributed by atoms with van der Waals surface area (Å²) in [6.07, 6.45) is 6.53. The Bertz CT molecular complexity index is 1370. The molecule has 1 aliphatic carbocycles. The molecule has 0 saturated heterocycles. The zero-order valence-corrected chi connectivity index (χ0v) is 18.0. The molecule has 0 fully saturated rings. The summed E-state index contributed by atoms with van der Waals surface area (Å²) in [6.45, 7) is 0. The summed E-state index contributed by atoms with van der Waals surface area (Å²) >= 11 is 7.81. The number of aryl methyl sites for hydroxylation is 2. The van der Waals surface area contributed by atoms with Crippen LogP contribution in [0.1, 0.15) is 36.1 Å². The van der Waals surface area contributed by atoms with E-state index in [9.17, 15) is 14.9 Å². The predicted molar refractivity (Wildman–Crippen MR) is 121 cm³/mol. The lowest BCUT2D eigenvalue weighted by Crippen LogP contribution is -2.10. The van der Waals surface area contributed by atoms with Crippen molar-refractivity contribution < 1.29 is 9.34 Å². The van der Waals surface area contributed by atoms with Gasteiger partial charge in [0.15, 0.2) is 11.6 Å². The zero-order valence-electron chi connectivity index (χ0n) is 16.4. The lowest BCUT2D eigenvalue weighted by Gasteiger charge is -2.08. The van der Waals surface area contributed by atoms with Crippen molar-refractivity contribution in [2.24, 2.45) is 0 Å². The van der Waals surface area contributed by atoms with Crippen LogP contribution >= 0.6 is 22.9 Å². The molecule has 0 spiro atoms. The first-order chi connectivity index (χ1) is 15.0. The van der Waals surface area contributed by atoms with E-state index in [1.807, 2.05) is 0 Å². The molecule has 0 radical (unpaired) electrons. The molecule has 0 atom stereocenters. The molecule has 1 N–H and O–H groups in total. The lowest BCUT2D eigenvalue weighted by atomic mass is 9.98. The Morgan fingerprint density at radius 2 is 1.87 bits per heavy atom. The van der Waals surface area contributed by atoms with Crippen molar-refractivity contribution in [2.45, 2.75) is 38.5 Å². The first-order valence-corrected chi connectivity index (χ1v) is 11.3. The molecule has 31 heavy (non-hydrogen) atoms. The number of hydrogen-bond acceptors (Lipinski definition) is 6. The SMILES string of the molecule is O=c1[nH]c(-c2ccc(-c3cc([N+](=O)[O-])ccc3Cl)o2)nc2sc3c(c12)CCCCCC3. The fraction of sp³-hybridized carbons (Fsp3) is 0.273. The summed E-state index contributed by atoms with van der Waals surface area (Å²) < 4.78 is 5.88. The van der Waals surface area contributed by atoms with Crippen molar-refractivity contribution in [3.8, 4) is 22.9 Å². The molecule has 1 aromatic carbocycles. The highest BCUT2D eigenvalue weighted by molar-refractivity contribution is 7.18. The van der Waals surface area contributed by atoms with Crippen molar-refractivity contribution in [3.63, 3.8) is 0 Å². The van der Waals surface area contributed by atoms with Gasteiger partial charge in [0.2, 0.25) is 0 Å². The van der Waals surface area contributed by atoms with Gasteiger partial charge < -0.3 is 9.40 Å². The highest BCUT2D eigenvalue weighted by Gasteiger charge is 2.20. The standard InChI is InChI=1S/C22H18ClN3O4S/c23-15-8-7-12(26(28)29)11-14(15)16-9-10-17(30-16)20-24-21(27)19-13-5-3-1-2-4-6-18(13)31-22(19)25-20/h7-11H,1-6H2,(H,24,25,27). The summed E-state index contributed by atoms with van der Waals surface area (Å²) in [6, 6.07) is 7.51. The van der Waals surface area contributed by atoms with E-state index in [2.05, 4.69) is 9.97 Å². The van der Waals surface area contributed by atoms with Gasteiger partial charge in [0.1, 0.15) is 10.6 Å². The Morgan fingerprint density at radius 1 is 1.10 bits per heavy atom. The second-order valence-corrected chi connectivity index (χ2v) is 9.09. The quantitative estimate of drug-likeness (QED) is 0.295. The summed E-state index contributed by atoms with van der Waals surface area (Å²) in [5.41, 5.74) is 1.30. The number of non-ortho nitro benzene ring substituents is 1. The van der Waals surface area contributed by atoms with E-state index in [-0.39, 0.29) is 11.2 Å². The summed E-state index contributed by atoms with van der Waals surface area (Å²) in [7, 11) is 0. The molecular weight excluding hydrogens is 438 g/mol. The molecule has 0 amide bonds. The first kappa shape index (κ1) is 20.0. The largest absolute Gasteiger partial charge is 0.453 e. The lowest BCUT2D eigenvalue weighted by molar-refractivity contribution is -0.384. The molecule has 0 aliphatic heterocycles. The van der Waals surface area contributed by atoms with Crippen LogP contribution in [0.15, 0.2) is 39.5 Å². The van der Waals surface area contributed by atoms with Gasteiger partial charge >= 0.3 is 0 Å². The highest BCUT2D eigenvalue weighted by atomic mass is 35.5. The summed E-state index contributed by atoms with van der Waals surface area (Å²) in [5.74, 6) is 1.07. The summed E-state index contributed by atoms with van der Waals surface area (Å²) in [4.78, 5) is 33.0. The van der Waals surface area contributed by atoms with Gasteiger partial charge in [-0.25, -0.2) is 4.98 Å². The number of furan rings is 1. The molecule has 0 bridgehead atoms. The molecule has 3 heterocycles. The van der Waals surface area contributed by atoms with E-state index in [0.717, 1.165) is 36.1 Å². The molecule has 0 unspecified atom stereocenters. The van der Waals surface area contributed by atoms with Gasteiger partial charge in [-0.1, -0.05) is 24.4 Å². The van der Waals surface area contributed by atoms with Gasteiger partial charge in [-0.05, 0) is 49.4 Å². The van der Waals surface area contributed by atoms with Crippen LogP contribution in [0.4, 0.5) is 5.69 Å². The maximum absolute atomic E-state index is 12.9. The van der Waals surface area contributed by atoms with Crippen molar-refractivity contribution in [3.05, 3.63) is 66.3 Å². The van der Waals surface area contributed by atoms with Crippen LogP contribution in [0.5, 0.6) is 0 Å². The number of halogens is 1. The number of aromatic amines is 1. The first-order valence-electron chi connectivity index (χ1n) is 10.1. The van der Waals surface area contributed by atoms with Crippen LogP contribution in [-0.2, 0) is 12.8 Å². The second kappa shape index (κ2) is 7.94. The zero-order chi connectivity index (χ0) is 21.5. The monoisotopic (exact) mass is 455 g/mol. The molecule has 0 saturated carbocycles. The Balaban J connectivity index is 1.57. The van der Waals surface area contributed by atoms with E-state index in [1.54, 1.807) is 23.5 Å². The number of thiophene rings is 1. The minimum Gasteiger partial charge on any atom is -0.453 e. The number of nitro benzene ring substituents is 1. The molecule has 7 nitrogen and oxygen atoms in total. The average molecular weight is 456 g/mol. The molecule has 9 heteroatoms. The summed E-state index contributed by atoms with van der Waals surface area (Å²) in [5, 5.41) is 12.1. The third kappa shape index (κ3) is 3.66. The number of H-pyrrole nitrogens is 1. The Morgan fingerprint density at radius 3 is 2.68 bits per heavy atom. The predicted octanol–water partition coefficient (Wildman–Crippen LogP) is 6.13. The molecule has 1 aliphatic rings. The van der Waals surface area contributed by atoms with Crippen LogP contribution in [0, 0.1) is 10.1 Å². The number of benzene rings is 1. The number of hydrogen-bond donors (Lipinski definition) is 1. The van der Waals surface area contributed by atoms with Crippen LogP contribution in [0.2, 0.25) is 5.02 Å². The number of aromatic nitrogens is 2. The molecule has 4 aromatic rings. The number of nitrogens with zero attached hydrogens (tertiary/aromatic N) is 2. The van der Waals surface area contributed by atoms with Crippen molar-refractivity contribution in [1.82, 2.24) is 9.97 Å². The fourth-order valence-electron chi connectivity index (χ4n) is 4.06. The van der Waals surface area contributed by atoms with Gasteiger partial charge in [0.25, 0.3) is 11.2 Å². The number of fused-ring (bicyclic) bond motifs is 3. The van der Waals surface area contributed by atoms with Gasteiger partial charge in [-0.3, -0.25) is 14.9 Å². The highest BCUT2D eigenvalue weighted by Crippen LogP contribution is 2.36. The fourth-order valence-corrected chi connectivity index (χ4v) is 5.53. The van der Waals surface area contributed by atoms with Gasteiger partial charge in [-0.2, -0.15) is 0 Å². The van der Waals surface area contributed by atoms with Crippen LogP contribution in [-0.4, -0.2) is 14.9 Å². The van der Waals surface area contributed by atoms with E-state index in [1.165, 1.54) is 35.9 Å². The van der Waals surface area contributed by atoms with E-state index in [0.29, 0.717) is 33.3 Å². The van der Waals surface area contributed by atoms with Gasteiger partial charge in [-0.15, -0.1) is 11.3 Å². The molecule has 3 aromatic heterocycles. The van der Waals surface area contributed by atoms with Gasteiger partial charge in [0.05, 0.1) is 15.3 Å². The topological polar surface area (TPSA) is 102 Å². The minimum atomic E-state index is -0.486. The third-order valence-electron chi connectivity index (χ3n) is 5.59. The normalized spacial score (nSPS) is 14.2. The Hall–Kier alpha value is -2.97. The van der Waals surface area contributed by atoms with Crippen LogP contribution in [0.3, 0.4) is 0 Å². The maximum Gasteiger partial charge on any atom is 0.270 e. The van der Waals surface area contributed by atoms with Gasteiger partial charge in [0, 0.05) is 22.6 Å². The third-order valence-corrected chi connectivity index (χ3v) is 7.11. The van der Waals surface area contributed by atoms with E-state index in [4.69, 9.17) is 16.0 Å². The second-order valence-electron chi connectivity index (χ2n) is 7.60. The number of nitro groups is 1. The Labute approximate surface area is 185 Å².